The Bertz CT molecular complexity index is 113. The van der Waals surface area contributed by atoms with E-state index in [0.717, 1.165) is 18.1 Å². The Labute approximate surface area is 77.8 Å². The molecule has 1 aliphatic heterocycles. The Morgan fingerprint density at radius 2 is 2.30 bits per heavy atom. The minimum absolute atomic E-state index is 0.145. The van der Waals surface area contributed by atoms with Gasteiger partial charge in [0.1, 0.15) is 11.5 Å². The Kier molecular flexibility index (Phi) is 3.23. The van der Waals surface area contributed by atoms with Gasteiger partial charge in [0.15, 0.2) is 0 Å². The van der Waals surface area contributed by atoms with Gasteiger partial charge < -0.3 is 10.3 Å². The number of halogens is 1. The van der Waals surface area contributed by atoms with Gasteiger partial charge in [-0.3, -0.25) is 3.53 Å². The van der Waals surface area contributed by atoms with Crippen LogP contribution in [0.25, 0.3) is 0 Å². The van der Waals surface area contributed by atoms with Gasteiger partial charge in [0.05, 0.1) is 5.41 Å². The quantitative estimate of drug-likeness (QED) is 0.419. The highest BCUT2D eigenvalue weighted by molar-refractivity contribution is 14.1. The summed E-state index contributed by atoms with van der Waals surface area (Å²) in [5.74, 6) is 1.55. The zero-order chi connectivity index (χ0) is 7.61. The van der Waals surface area contributed by atoms with Gasteiger partial charge in [-0.2, -0.15) is 0 Å². The topological polar surface area (TPSA) is 61.1 Å². The number of nitrogens with one attached hydrogen (secondary N) is 1. The molecule has 0 aromatic rings. The van der Waals surface area contributed by atoms with Crippen molar-refractivity contribution in [2.75, 3.05) is 24.6 Å². The largest absolute Gasteiger partial charge is 0.616 e. The highest BCUT2D eigenvalue weighted by atomic mass is 127. The molecule has 3 nitrogen and oxygen atoms in total. The third-order valence-electron chi connectivity index (χ3n) is 1.81. The van der Waals surface area contributed by atoms with E-state index in [1.54, 1.807) is 0 Å². The smallest absolute Gasteiger partial charge is 0.118 e. The monoisotopic (exact) mass is 274 g/mol. The molecule has 0 spiro atoms. The summed E-state index contributed by atoms with van der Waals surface area (Å²) in [6.07, 6.45) is 0. The highest BCUT2D eigenvalue weighted by Crippen LogP contribution is 2.31. The van der Waals surface area contributed by atoms with E-state index in [0.29, 0.717) is 6.54 Å². The van der Waals surface area contributed by atoms with Crippen LogP contribution in [0.15, 0.2) is 0 Å². The fourth-order valence-corrected chi connectivity index (χ4v) is 3.60. The average molecular weight is 274 g/mol. The van der Waals surface area contributed by atoms with E-state index in [2.05, 4.69) is 26.4 Å². The van der Waals surface area contributed by atoms with Crippen molar-refractivity contribution in [2.24, 2.45) is 11.1 Å². The van der Waals surface area contributed by atoms with Gasteiger partial charge in [-0.25, -0.2) is 0 Å². The fourth-order valence-electron chi connectivity index (χ4n) is 1.07. The van der Waals surface area contributed by atoms with Gasteiger partial charge in [0, 0.05) is 36.0 Å². The Morgan fingerprint density at radius 1 is 1.70 bits per heavy atom. The van der Waals surface area contributed by atoms with E-state index in [-0.39, 0.29) is 5.41 Å². The predicted molar refractivity (Wildman–Crippen MR) is 51.4 cm³/mol. The molecule has 0 atom stereocenters. The summed E-state index contributed by atoms with van der Waals surface area (Å²) >= 11 is 1.51. The molecule has 0 bridgehead atoms. The van der Waals surface area contributed by atoms with Crippen LogP contribution in [-0.2, 0) is 11.2 Å². The summed E-state index contributed by atoms with van der Waals surface area (Å²) < 4.78 is 13.8. The first kappa shape index (κ1) is 9.05. The van der Waals surface area contributed by atoms with Crippen molar-refractivity contribution >= 4 is 34.0 Å². The summed E-state index contributed by atoms with van der Waals surface area (Å²) in [5, 5.41) is 0. The summed E-state index contributed by atoms with van der Waals surface area (Å²) in [7, 11) is 0. The van der Waals surface area contributed by atoms with Gasteiger partial charge in [-0.15, -0.1) is 0 Å². The molecule has 10 heavy (non-hydrogen) atoms. The molecule has 60 valence electrons. The SMILES string of the molecule is NCC1(CNI)C[S+]([O-])C1. The third-order valence-corrected chi connectivity index (χ3v) is 4.06. The molecule has 0 aromatic carbocycles. The van der Waals surface area contributed by atoms with Crippen LogP contribution in [0.3, 0.4) is 0 Å². The second-order valence-corrected chi connectivity index (χ2v) is 4.96. The van der Waals surface area contributed by atoms with Gasteiger partial charge in [-0.1, -0.05) is 11.2 Å². The first-order valence-corrected chi connectivity index (χ1v) is 5.68. The Morgan fingerprint density at radius 3 is 2.60 bits per heavy atom. The van der Waals surface area contributed by atoms with E-state index in [9.17, 15) is 4.55 Å². The molecule has 5 heteroatoms. The number of rotatable bonds is 3. The molecule has 1 heterocycles. The van der Waals surface area contributed by atoms with Crippen molar-refractivity contribution in [2.45, 2.75) is 0 Å². The first-order valence-electron chi connectivity index (χ1n) is 3.11. The molecule has 1 saturated heterocycles. The third kappa shape index (κ3) is 1.76. The molecule has 0 unspecified atom stereocenters. The van der Waals surface area contributed by atoms with Gasteiger partial charge in [-0.05, 0) is 0 Å². The van der Waals surface area contributed by atoms with Crippen molar-refractivity contribution in [1.82, 2.24) is 3.53 Å². The number of hydrogen-bond acceptors (Lipinski definition) is 3. The standard InChI is InChI=1S/C5H11IN2OS/c6-8-2-5(1-7)3-10(9)4-5/h8H,1-4,7H2. The van der Waals surface area contributed by atoms with Crippen LogP contribution in [0.5, 0.6) is 0 Å². The highest BCUT2D eigenvalue weighted by Gasteiger charge is 2.46. The van der Waals surface area contributed by atoms with Crippen LogP contribution in [0, 0.1) is 5.41 Å². The van der Waals surface area contributed by atoms with Crippen molar-refractivity contribution in [1.29, 1.82) is 0 Å². The van der Waals surface area contributed by atoms with Crippen LogP contribution in [0.2, 0.25) is 0 Å². The van der Waals surface area contributed by atoms with Crippen LogP contribution < -0.4 is 9.26 Å². The normalized spacial score (nSPS) is 39.3. The second kappa shape index (κ2) is 3.57. The molecule has 1 fully saturated rings. The van der Waals surface area contributed by atoms with E-state index in [1.165, 1.54) is 0 Å². The molecule has 1 rings (SSSR count). The molecule has 0 amide bonds. The summed E-state index contributed by atoms with van der Waals surface area (Å²) in [5.41, 5.74) is 5.68. The minimum Gasteiger partial charge on any atom is -0.616 e. The van der Waals surface area contributed by atoms with Crippen molar-refractivity contribution in [3.63, 3.8) is 0 Å². The fraction of sp³-hybridized carbons (Fsp3) is 1.00. The lowest BCUT2D eigenvalue weighted by atomic mass is 9.93. The van der Waals surface area contributed by atoms with Crippen molar-refractivity contribution < 1.29 is 4.55 Å². The van der Waals surface area contributed by atoms with Gasteiger partial charge in [0.25, 0.3) is 0 Å². The lowest BCUT2D eigenvalue weighted by Crippen LogP contribution is -2.57. The second-order valence-electron chi connectivity index (χ2n) is 2.74. The Hall–Kier alpha value is 0.960. The lowest BCUT2D eigenvalue weighted by Gasteiger charge is -2.40. The van der Waals surface area contributed by atoms with Crippen molar-refractivity contribution in [3.05, 3.63) is 0 Å². The molecule has 0 radical (unpaired) electrons. The summed E-state index contributed by atoms with van der Waals surface area (Å²) in [6, 6.07) is 0. The molecule has 0 aliphatic carbocycles. The molecular formula is C5H11IN2OS. The zero-order valence-electron chi connectivity index (χ0n) is 5.60. The molecule has 1 aliphatic rings. The zero-order valence-corrected chi connectivity index (χ0v) is 8.57. The number of nitrogens with two attached hydrogens (primary N) is 1. The van der Waals surface area contributed by atoms with E-state index >= 15 is 0 Å². The number of hydrogen-bond donors (Lipinski definition) is 2. The first-order chi connectivity index (χ1) is 4.72. The van der Waals surface area contributed by atoms with Crippen LogP contribution in [0.4, 0.5) is 0 Å². The maximum Gasteiger partial charge on any atom is 0.118 e. The molecule has 0 saturated carbocycles. The summed E-state index contributed by atoms with van der Waals surface area (Å²) in [6.45, 7) is 1.53. The van der Waals surface area contributed by atoms with Crippen LogP contribution in [0.1, 0.15) is 0 Å². The molecule has 3 N–H and O–H groups in total. The van der Waals surface area contributed by atoms with Gasteiger partial charge in [0.2, 0.25) is 0 Å². The molecule has 0 aromatic heterocycles. The molecular weight excluding hydrogens is 263 g/mol. The average Bonchev–Trinajstić information content (AvgIpc) is 1.84. The van der Waals surface area contributed by atoms with Crippen LogP contribution in [-0.4, -0.2) is 29.1 Å². The van der Waals surface area contributed by atoms with E-state index in [4.69, 9.17) is 5.73 Å². The predicted octanol–water partition coefficient (Wildman–Crippen LogP) is -0.367. The van der Waals surface area contributed by atoms with E-state index in [1.807, 2.05) is 0 Å². The van der Waals surface area contributed by atoms with Crippen LogP contribution >= 0.6 is 22.9 Å². The maximum absolute atomic E-state index is 10.8. The Balaban J connectivity index is 2.32. The van der Waals surface area contributed by atoms with E-state index < -0.39 is 11.2 Å². The minimum atomic E-state index is -0.586. The summed E-state index contributed by atoms with van der Waals surface area (Å²) in [4.78, 5) is 0. The lowest BCUT2D eigenvalue weighted by molar-refractivity contribution is 0.348. The van der Waals surface area contributed by atoms with Gasteiger partial charge >= 0.3 is 0 Å². The van der Waals surface area contributed by atoms with Crippen molar-refractivity contribution in [3.8, 4) is 0 Å². The maximum atomic E-state index is 10.8.